The van der Waals surface area contributed by atoms with Gasteiger partial charge in [0.15, 0.2) is 0 Å². The van der Waals surface area contributed by atoms with E-state index in [-0.39, 0.29) is 5.91 Å². The van der Waals surface area contributed by atoms with Crippen LogP contribution in [0.25, 0.3) is 17.1 Å². The number of benzene rings is 1. The van der Waals surface area contributed by atoms with Crippen molar-refractivity contribution in [2.75, 3.05) is 18.4 Å². The molecule has 3 aromatic rings. The SMILES string of the molecule is O=C(/C=C\c1cnc2ccccc2n1)NCCCNc1ccccn1. The van der Waals surface area contributed by atoms with E-state index < -0.39 is 0 Å². The fourth-order valence-electron chi connectivity index (χ4n) is 2.26. The van der Waals surface area contributed by atoms with Crippen molar-refractivity contribution in [1.82, 2.24) is 20.3 Å². The molecule has 0 aliphatic rings. The average molecular weight is 333 g/mol. The number of hydrogen-bond donors (Lipinski definition) is 2. The maximum absolute atomic E-state index is 11.8. The maximum Gasteiger partial charge on any atom is 0.244 e. The van der Waals surface area contributed by atoms with Gasteiger partial charge >= 0.3 is 0 Å². The summed E-state index contributed by atoms with van der Waals surface area (Å²) >= 11 is 0. The van der Waals surface area contributed by atoms with Gasteiger partial charge in [-0.3, -0.25) is 9.78 Å². The molecule has 1 aromatic carbocycles. The molecule has 6 nitrogen and oxygen atoms in total. The van der Waals surface area contributed by atoms with Crippen molar-refractivity contribution in [2.45, 2.75) is 6.42 Å². The fraction of sp³-hybridized carbons (Fsp3) is 0.158. The minimum absolute atomic E-state index is 0.146. The second-order valence-electron chi connectivity index (χ2n) is 5.40. The van der Waals surface area contributed by atoms with Crippen LogP contribution in [0.15, 0.2) is 60.9 Å². The van der Waals surface area contributed by atoms with Crippen molar-refractivity contribution in [1.29, 1.82) is 0 Å². The highest BCUT2D eigenvalue weighted by molar-refractivity contribution is 5.91. The number of pyridine rings is 1. The molecule has 0 spiro atoms. The Morgan fingerprint density at radius 1 is 1.00 bits per heavy atom. The van der Waals surface area contributed by atoms with Crippen LogP contribution >= 0.6 is 0 Å². The smallest absolute Gasteiger partial charge is 0.244 e. The van der Waals surface area contributed by atoms with Crippen LogP contribution in [-0.4, -0.2) is 33.9 Å². The van der Waals surface area contributed by atoms with Gasteiger partial charge in [0.1, 0.15) is 5.82 Å². The second kappa shape index (κ2) is 8.54. The summed E-state index contributed by atoms with van der Waals surface area (Å²) in [5.74, 6) is 0.691. The minimum Gasteiger partial charge on any atom is -0.370 e. The largest absolute Gasteiger partial charge is 0.370 e. The lowest BCUT2D eigenvalue weighted by atomic mass is 10.3. The van der Waals surface area contributed by atoms with Gasteiger partial charge in [-0.15, -0.1) is 0 Å². The molecular weight excluding hydrogens is 314 g/mol. The Morgan fingerprint density at radius 3 is 2.68 bits per heavy atom. The third-order valence-electron chi connectivity index (χ3n) is 3.50. The molecule has 0 radical (unpaired) electrons. The van der Waals surface area contributed by atoms with Gasteiger partial charge in [0, 0.05) is 25.4 Å². The Morgan fingerprint density at radius 2 is 1.84 bits per heavy atom. The Labute approximate surface area is 146 Å². The first-order chi connectivity index (χ1) is 12.3. The molecule has 126 valence electrons. The summed E-state index contributed by atoms with van der Waals surface area (Å²) < 4.78 is 0. The summed E-state index contributed by atoms with van der Waals surface area (Å²) in [6.45, 7) is 1.34. The van der Waals surface area contributed by atoms with E-state index >= 15 is 0 Å². The Hall–Kier alpha value is -3.28. The molecule has 25 heavy (non-hydrogen) atoms. The number of aromatic nitrogens is 3. The van der Waals surface area contributed by atoms with Crippen LogP contribution in [0.5, 0.6) is 0 Å². The van der Waals surface area contributed by atoms with Crippen LogP contribution in [0.3, 0.4) is 0 Å². The molecule has 2 N–H and O–H groups in total. The van der Waals surface area contributed by atoms with Crippen molar-refractivity contribution in [3.05, 3.63) is 66.6 Å². The van der Waals surface area contributed by atoms with Crippen molar-refractivity contribution in [3.8, 4) is 0 Å². The molecule has 6 heteroatoms. The minimum atomic E-state index is -0.146. The Balaban J connectivity index is 1.41. The highest BCUT2D eigenvalue weighted by Crippen LogP contribution is 2.09. The number of carbonyl (C=O) groups excluding carboxylic acids is 1. The number of nitrogens with zero attached hydrogens (tertiary/aromatic N) is 3. The van der Waals surface area contributed by atoms with Crippen molar-refractivity contribution < 1.29 is 4.79 Å². The molecule has 0 fully saturated rings. The number of amides is 1. The normalized spacial score (nSPS) is 10.9. The zero-order chi connectivity index (χ0) is 17.3. The molecule has 2 heterocycles. The second-order valence-corrected chi connectivity index (χ2v) is 5.40. The summed E-state index contributed by atoms with van der Waals surface area (Å²) in [6, 6.07) is 13.3. The standard InChI is InChI=1S/C19H19N5O/c25-19(22-13-5-12-21-18-8-3-4-11-20-18)10-9-15-14-23-16-6-1-2-7-17(16)24-15/h1-4,6-11,14H,5,12-13H2,(H,20,21)(H,22,25)/b10-9-. The van der Waals surface area contributed by atoms with Gasteiger partial charge in [-0.25, -0.2) is 9.97 Å². The van der Waals surface area contributed by atoms with Gasteiger partial charge in [-0.1, -0.05) is 18.2 Å². The number of rotatable bonds is 7. The lowest BCUT2D eigenvalue weighted by Crippen LogP contribution is -2.23. The first-order valence-electron chi connectivity index (χ1n) is 8.14. The number of para-hydroxylation sites is 2. The monoisotopic (exact) mass is 333 g/mol. The third kappa shape index (κ3) is 5.10. The number of carbonyl (C=O) groups is 1. The summed E-state index contributed by atoms with van der Waals surface area (Å²) in [5.41, 5.74) is 2.31. The topological polar surface area (TPSA) is 79.8 Å². The summed E-state index contributed by atoms with van der Waals surface area (Å²) in [7, 11) is 0. The van der Waals surface area contributed by atoms with Gasteiger partial charge in [0.05, 0.1) is 22.9 Å². The highest BCUT2D eigenvalue weighted by Gasteiger charge is 1.98. The van der Waals surface area contributed by atoms with E-state index in [1.165, 1.54) is 6.08 Å². The zero-order valence-corrected chi connectivity index (χ0v) is 13.7. The van der Waals surface area contributed by atoms with Gasteiger partial charge in [-0.2, -0.15) is 0 Å². The molecule has 1 amide bonds. The zero-order valence-electron chi connectivity index (χ0n) is 13.7. The molecule has 0 unspecified atom stereocenters. The molecular formula is C19H19N5O. The first kappa shape index (κ1) is 16.6. The predicted octanol–water partition coefficient (Wildman–Crippen LogP) is 2.66. The van der Waals surface area contributed by atoms with Gasteiger partial charge in [-0.05, 0) is 36.8 Å². The lowest BCUT2D eigenvalue weighted by molar-refractivity contribution is -0.116. The molecule has 2 aromatic heterocycles. The predicted molar refractivity (Wildman–Crippen MR) is 98.9 cm³/mol. The number of nitrogens with one attached hydrogen (secondary N) is 2. The van der Waals surface area contributed by atoms with Crippen molar-refractivity contribution in [3.63, 3.8) is 0 Å². The van der Waals surface area contributed by atoms with E-state index in [1.54, 1.807) is 18.5 Å². The van der Waals surface area contributed by atoms with E-state index in [9.17, 15) is 4.79 Å². The van der Waals surface area contributed by atoms with Crippen molar-refractivity contribution in [2.24, 2.45) is 0 Å². The molecule has 0 saturated heterocycles. The van der Waals surface area contributed by atoms with E-state index in [0.29, 0.717) is 12.2 Å². The van der Waals surface area contributed by atoms with E-state index in [0.717, 1.165) is 29.8 Å². The van der Waals surface area contributed by atoms with E-state index in [4.69, 9.17) is 0 Å². The molecule has 0 aliphatic carbocycles. The van der Waals surface area contributed by atoms with Crippen LogP contribution in [0.4, 0.5) is 5.82 Å². The molecule has 0 aliphatic heterocycles. The lowest BCUT2D eigenvalue weighted by Gasteiger charge is -2.05. The van der Waals surface area contributed by atoms with Gasteiger partial charge < -0.3 is 10.6 Å². The van der Waals surface area contributed by atoms with Gasteiger partial charge in [0.2, 0.25) is 5.91 Å². The van der Waals surface area contributed by atoms with E-state index in [1.807, 2.05) is 42.5 Å². The summed E-state index contributed by atoms with van der Waals surface area (Å²) in [5, 5.41) is 6.04. The number of hydrogen-bond acceptors (Lipinski definition) is 5. The molecule has 0 atom stereocenters. The first-order valence-corrected chi connectivity index (χ1v) is 8.14. The number of anilines is 1. The van der Waals surface area contributed by atoms with Crippen LogP contribution in [-0.2, 0) is 4.79 Å². The highest BCUT2D eigenvalue weighted by atomic mass is 16.1. The van der Waals surface area contributed by atoms with Gasteiger partial charge in [0.25, 0.3) is 0 Å². The molecule has 0 saturated carbocycles. The van der Waals surface area contributed by atoms with Crippen LogP contribution in [0.2, 0.25) is 0 Å². The summed E-state index contributed by atoms with van der Waals surface area (Å²) in [6.07, 6.45) is 7.35. The average Bonchev–Trinajstić information content (AvgIpc) is 2.67. The Kier molecular flexibility index (Phi) is 5.66. The fourth-order valence-corrected chi connectivity index (χ4v) is 2.26. The van der Waals surface area contributed by atoms with Crippen LogP contribution < -0.4 is 10.6 Å². The van der Waals surface area contributed by atoms with E-state index in [2.05, 4.69) is 25.6 Å². The van der Waals surface area contributed by atoms with Crippen molar-refractivity contribution >= 4 is 28.8 Å². The van der Waals surface area contributed by atoms with Crippen LogP contribution in [0.1, 0.15) is 12.1 Å². The molecule has 0 bridgehead atoms. The third-order valence-corrected chi connectivity index (χ3v) is 3.50. The maximum atomic E-state index is 11.8. The van der Waals surface area contributed by atoms with Crippen LogP contribution in [0, 0.1) is 0 Å². The Bertz CT molecular complexity index is 864. The number of fused-ring (bicyclic) bond motifs is 1. The quantitative estimate of drug-likeness (QED) is 0.513. The molecule has 3 rings (SSSR count). The summed E-state index contributed by atoms with van der Waals surface area (Å²) in [4.78, 5) is 24.8.